The van der Waals surface area contributed by atoms with Gasteiger partial charge in [0.25, 0.3) is 0 Å². The molecule has 0 heterocycles. The van der Waals surface area contributed by atoms with Crippen LogP contribution in [0.25, 0.3) is 0 Å². The van der Waals surface area contributed by atoms with Crippen molar-refractivity contribution in [2.75, 3.05) is 0 Å². The van der Waals surface area contributed by atoms with E-state index in [-0.39, 0.29) is 12.1 Å². The van der Waals surface area contributed by atoms with Crippen molar-refractivity contribution in [3.63, 3.8) is 0 Å². The third-order valence-corrected chi connectivity index (χ3v) is 2.65. The first-order valence-corrected chi connectivity index (χ1v) is 5.32. The number of hydrogen-bond acceptors (Lipinski definition) is 4. The fourth-order valence-electron chi connectivity index (χ4n) is 1.26. The van der Waals surface area contributed by atoms with Crippen LogP contribution >= 0.6 is 0 Å². The molecule has 3 N–H and O–H groups in total. The summed E-state index contributed by atoms with van der Waals surface area (Å²) in [6.45, 7) is 2.76. The molecule has 1 amide bonds. The van der Waals surface area contributed by atoms with Gasteiger partial charge in [0.05, 0.1) is 10.5 Å². The molecule has 0 saturated heterocycles. The zero-order valence-corrected chi connectivity index (χ0v) is 10.4. The van der Waals surface area contributed by atoms with E-state index < -0.39 is 33.7 Å². The lowest BCUT2D eigenvalue weighted by Crippen LogP contribution is -2.50. The predicted octanol–water partition coefficient (Wildman–Crippen LogP) is 1.23. The number of carbonyl (C=O) groups excluding carboxylic acids is 1. The third kappa shape index (κ3) is 3.44. The highest BCUT2D eigenvalue weighted by atomic mass is 19.1. The standard InChI is InChI=1S/C11H13F2N3O3/c1-11(2,10(14)17)15-5-6-3-9(16(18)19)8(13)4-7(6)12/h3-4,15H,5H2,1-2H3,(H2,14,17). The maximum Gasteiger partial charge on any atom is 0.305 e. The van der Waals surface area contributed by atoms with Gasteiger partial charge in [-0.2, -0.15) is 4.39 Å². The van der Waals surface area contributed by atoms with Gasteiger partial charge in [-0.05, 0) is 13.8 Å². The van der Waals surface area contributed by atoms with Crippen LogP contribution in [0.4, 0.5) is 14.5 Å². The van der Waals surface area contributed by atoms with Crippen molar-refractivity contribution < 1.29 is 18.5 Å². The van der Waals surface area contributed by atoms with E-state index in [0.29, 0.717) is 6.07 Å². The summed E-state index contributed by atoms with van der Waals surface area (Å²) in [5.41, 5.74) is 3.05. The molecular formula is C11H13F2N3O3. The summed E-state index contributed by atoms with van der Waals surface area (Å²) in [6.07, 6.45) is 0. The Hall–Kier alpha value is -2.09. The Bertz CT molecular complexity index is 532. The minimum absolute atomic E-state index is 0.123. The van der Waals surface area contributed by atoms with Gasteiger partial charge in [0.1, 0.15) is 5.82 Å². The van der Waals surface area contributed by atoms with E-state index >= 15 is 0 Å². The van der Waals surface area contributed by atoms with Gasteiger partial charge in [-0.1, -0.05) is 0 Å². The molecule has 0 aliphatic carbocycles. The third-order valence-electron chi connectivity index (χ3n) is 2.65. The Kier molecular flexibility index (Phi) is 4.15. The smallest absolute Gasteiger partial charge is 0.305 e. The Morgan fingerprint density at radius 1 is 1.42 bits per heavy atom. The second kappa shape index (κ2) is 5.27. The molecule has 0 fully saturated rings. The van der Waals surface area contributed by atoms with E-state index in [4.69, 9.17) is 5.73 Å². The molecule has 1 aromatic rings. The number of nitro groups is 1. The molecule has 0 radical (unpaired) electrons. The number of nitrogens with one attached hydrogen (secondary N) is 1. The monoisotopic (exact) mass is 273 g/mol. The first-order chi connectivity index (χ1) is 8.65. The highest BCUT2D eigenvalue weighted by molar-refractivity contribution is 5.83. The zero-order valence-electron chi connectivity index (χ0n) is 10.4. The molecule has 0 atom stereocenters. The van der Waals surface area contributed by atoms with Crippen molar-refractivity contribution in [3.8, 4) is 0 Å². The maximum atomic E-state index is 13.5. The Labute approximate surface area is 107 Å². The van der Waals surface area contributed by atoms with Crippen molar-refractivity contribution in [2.24, 2.45) is 5.73 Å². The highest BCUT2D eigenvalue weighted by Gasteiger charge is 2.25. The average molecular weight is 273 g/mol. The van der Waals surface area contributed by atoms with Crippen molar-refractivity contribution >= 4 is 11.6 Å². The number of rotatable bonds is 5. The fourth-order valence-corrected chi connectivity index (χ4v) is 1.26. The summed E-state index contributed by atoms with van der Waals surface area (Å²) in [5.74, 6) is -2.85. The first kappa shape index (κ1) is 15.0. The number of amides is 1. The lowest BCUT2D eigenvalue weighted by molar-refractivity contribution is -0.387. The van der Waals surface area contributed by atoms with Crippen LogP contribution < -0.4 is 11.1 Å². The largest absolute Gasteiger partial charge is 0.368 e. The molecule has 6 nitrogen and oxygen atoms in total. The SMILES string of the molecule is CC(C)(NCc1cc([N+](=O)[O-])c(F)cc1F)C(N)=O. The van der Waals surface area contributed by atoms with Crippen molar-refractivity contribution in [2.45, 2.75) is 25.9 Å². The van der Waals surface area contributed by atoms with Crippen LogP contribution in [0.15, 0.2) is 12.1 Å². The van der Waals surface area contributed by atoms with Crippen LogP contribution in [-0.4, -0.2) is 16.4 Å². The normalized spacial score (nSPS) is 11.4. The molecule has 0 unspecified atom stereocenters. The number of nitrogens with two attached hydrogens (primary N) is 1. The molecule has 19 heavy (non-hydrogen) atoms. The van der Waals surface area contributed by atoms with E-state index in [9.17, 15) is 23.7 Å². The summed E-state index contributed by atoms with van der Waals surface area (Å²) in [4.78, 5) is 20.7. The number of halogens is 2. The number of nitro benzene ring substituents is 1. The maximum absolute atomic E-state index is 13.5. The quantitative estimate of drug-likeness (QED) is 0.622. The van der Waals surface area contributed by atoms with E-state index in [2.05, 4.69) is 5.32 Å². The van der Waals surface area contributed by atoms with E-state index in [1.807, 2.05) is 0 Å². The van der Waals surface area contributed by atoms with E-state index in [0.717, 1.165) is 6.07 Å². The average Bonchev–Trinajstić information content (AvgIpc) is 2.27. The van der Waals surface area contributed by atoms with Crippen LogP contribution in [0.1, 0.15) is 19.4 Å². The van der Waals surface area contributed by atoms with Crippen molar-refractivity contribution in [1.29, 1.82) is 0 Å². The molecular weight excluding hydrogens is 260 g/mol. The molecule has 0 spiro atoms. The van der Waals surface area contributed by atoms with E-state index in [1.54, 1.807) is 0 Å². The van der Waals surface area contributed by atoms with E-state index in [1.165, 1.54) is 13.8 Å². The van der Waals surface area contributed by atoms with Crippen LogP contribution in [-0.2, 0) is 11.3 Å². The van der Waals surface area contributed by atoms with Gasteiger partial charge in [0.15, 0.2) is 0 Å². The summed E-state index contributed by atoms with van der Waals surface area (Å²) < 4.78 is 26.6. The minimum atomic E-state index is -1.25. The van der Waals surface area contributed by atoms with Crippen LogP contribution in [0.2, 0.25) is 0 Å². The molecule has 1 rings (SSSR count). The number of hydrogen-bond donors (Lipinski definition) is 2. The molecule has 0 bridgehead atoms. The molecule has 8 heteroatoms. The van der Waals surface area contributed by atoms with Gasteiger partial charge in [-0.25, -0.2) is 4.39 Å². The molecule has 0 aliphatic heterocycles. The van der Waals surface area contributed by atoms with Crippen molar-refractivity contribution in [3.05, 3.63) is 39.4 Å². The van der Waals surface area contributed by atoms with Gasteiger partial charge in [-0.15, -0.1) is 0 Å². The second-order valence-electron chi connectivity index (χ2n) is 4.49. The fraction of sp³-hybridized carbons (Fsp3) is 0.364. The van der Waals surface area contributed by atoms with Crippen LogP contribution in [0.3, 0.4) is 0 Å². The first-order valence-electron chi connectivity index (χ1n) is 5.32. The predicted molar refractivity (Wildman–Crippen MR) is 63.1 cm³/mol. The molecule has 104 valence electrons. The minimum Gasteiger partial charge on any atom is -0.368 e. The second-order valence-corrected chi connectivity index (χ2v) is 4.49. The van der Waals surface area contributed by atoms with Gasteiger partial charge in [-0.3, -0.25) is 20.2 Å². The number of primary amides is 1. The summed E-state index contributed by atoms with van der Waals surface area (Å²) in [5, 5.41) is 13.2. The molecule has 0 aromatic heterocycles. The van der Waals surface area contributed by atoms with Crippen LogP contribution in [0, 0.1) is 21.7 Å². The van der Waals surface area contributed by atoms with Gasteiger partial charge < -0.3 is 5.73 Å². The van der Waals surface area contributed by atoms with Gasteiger partial charge >= 0.3 is 5.69 Å². The molecule has 0 saturated carbocycles. The molecule has 1 aromatic carbocycles. The molecule has 0 aliphatic rings. The van der Waals surface area contributed by atoms with Crippen molar-refractivity contribution in [1.82, 2.24) is 5.32 Å². The Morgan fingerprint density at radius 3 is 2.47 bits per heavy atom. The summed E-state index contributed by atoms with van der Waals surface area (Å²) in [6, 6.07) is 1.22. The summed E-state index contributed by atoms with van der Waals surface area (Å²) >= 11 is 0. The Morgan fingerprint density at radius 2 is 2.00 bits per heavy atom. The topological polar surface area (TPSA) is 98.3 Å². The lowest BCUT2D eigenvalue weighted by atomic mass is 10.0. The number of benzene rings is 1. The zero-order chi connectivity index (χ0) is 14.8. The number of nitrogens with zero attached hydrogens (tertiary/aromatic N) is 1. The Balaban J connectivity index is 2.99. The van der Waals surface area contributed by atoms with Crippen LogP contribution in [0.5, 0.6) is 0 Å². The van der Waals surface area contributed by atoms with Gasteiger partial charge in [0, 0.05) is 24.2 Å². The lowest BCUT2D eigenvalue weighted by Gasteiger charge is -2.22. The van der Waals surface area contributed by atoms with Gasteiger partial charge in [0.2, 0.25) is 11.7 Å². The number of carbonyl (C=O) groups is 1. The highest BCUT2D eigenvalue weighted by Crippen LogP contribution is 2.21. The summed E-state index contributed by atoms with van der Waals surface area (Å²) in [7, 11) is 0.